The summed E-state index contributed by atoms with van der Waals surface area (Å²) in [5.74, 6) is 3.42. The number of hydrogen-bond donors (Lipinski definition) is 1. The van der Waals surface area contributed by atoms with E-state index in [9.17, 15) is 0 Å². The summed E-state index contributed by atoms with van der Waals surface area (Å²) >= 11 is 3.55. The molecule has 0 radical (unpaired) electrons. The zero-order chi connectivity index (χ0) is 13.6. The highest BCUT2D eigenvalue weighted by Crippen LogP contribution is 2.23. The van der Waals surface area contributed by atoms with E-state index in [1.807, 2.05) is 18.2 Å². The van der Waals surface area contributed by atoms with Crippen LogP contribution in [0.3, 0.4) is 0 Å². The van der Waals surface area contributed by atoms with Crippen LogP contribution in [0.5, 0.6) is 5.75 Å². The second kappa shape index (κ2) is 6.82. The first-order valence-corrected chi connectivity index (χ1v) is 6.81. The van der Waals surface area contributed by atoms with Crippen molar-refractivity contribution in [3.05, 3.63) is 28.2 Å². The summed E-state index contributed by atoms with van der Waals surface area (Å²) in [4.78, 5) is 0. The molecule has 0 heterocycles. The van der Waals surface area contributed by atoms with Gasteiger partial charge in [0, 0.05) is 23.0 Å². The van der Waals surface area contributed by atoms with Gasteiger partial charge in [-0.05, 0) is 44.5 Å². The molecule has 1 rings (SSSR count). The van der Waals surface area contributed by atoms with E-state index in [1.165, 1.54) is 5.56 Å². The van der Waals surface area contributed by atoms with Gasteiger partial charge < -0.3 is 10.1 Å². The van der Waals surface area contributed by atoms with Gasteiger partial charge in [-0.2, -0.15) is 0 Å². The molecular weight excluding hydrogens is 290 g/mol. The van der Waals surface area contributed by atoms with Crippen molar-refractivity contribution in [1.82, 2.24) is 5.32 Å². The van der Waals surface area contributed by atoms with Gasteiger partial charge >= 0.3 is 0 Å². The average Bonchev–Trinajstić information content (AvgIpc) is 2.29. The molecule has 0 saturated carbocycles. The van der Waals surface area contributed by atoms with E-state index in [2.05, 4.69) is 47.9 Å². The van der Waals surface area contributed by atoms with Gasteiger partial charge in [-0.3, -0.25) is 0 Å². The minimum absolute atomic E-state index is 0.0970. The van der Waals surface area contributed by atoms with Crippen LogP contribution in [0.15, 0.2) is 22.7 Å². The lowest BCUT2D eigenvalue weighted by Crippen LogP contribution is -2.35. The predicted octanol–water partition coefficient (Wildman–Crippen LogP) is 3.74. The SMILES string of the molecule is C#CCCOc1ccc(Br)c(CNC(C)(C)C)c1. The van der Waals surface area contributed by atoms with Crippen LogP contribution >= 0.6 is 15.9 Å². The van der Waals surface area contributed by atoms with Crippen LogP contribution in [-0.2, 0) is 6.54 Å². The van der Waals surface area contributed by atoms with Gasteiger partial charge in [-0.1, -0.05) is 15.9 Å². The fraction of sp³-hybridized carbons (Fsp3) is 0.467. The van der Waals surface area contributed by atoms with E-state index in [4.69, 9.17) is 11.2 Å². The molecule has 3 heteroatoms. The highest BCUT2D eigenvalue weighted by molar-refractivity contribution is 9.10. The first kappa shape index (κ1) is 15.1. The Kier molecular flexibility index (Phi) is 5.71. The van der Waals surface area contributed by atoms with Crippen molar-refractivity contribution in [2.24, 2.45) is 0 Å². The highest BCUT2D eigenvalue weighted by atomic mass is 79.9. The van der Waals surface area contributed by atoms with E-state index in [0.717, 1.165) is 16.8 Å². The Hall–Kier alpha value is -0.980. The summed E-state index contributed by atoms with van der Waals surface area (Å²) in [5.41, 5.74) is 1.28. The van der Waals surface area contributed by atoms with Crippen molar-refractivity contribution < 1.29 is 4.74 Å². The molecule has 0 atom stereocenters. The van der Waals surface area contributed by atoms with Crippen molar-refractivity contribution in [3.8, 4) is 18.1 Å². The fourth-order valence-corrected chi connectivity index (χ4v) is 1.75. The van der Waals surface area contributed by atoms with Crippen molar-refractivity contribution in [1.29, 1.82) is 0 Å². The molecule has 18 heavy (non-hydrogen) atoms. The third-order valence-corrected chi connectivity index (χ3v) is 3.12. The first-order chi connectivity index (χ1) is 8.42. The Balaban J connectivity index is 2.66. The number of halogens is 1. The molecule has 0 fully saturated rings. The molecule has 0 aromatic heterocycles. The van der Waals surface area contributed by atoms with Crippen LogP contribution in [0.4, 0.5) is 0 Å². The molecule has 1 N–H and O–H groups in total. The number of rotatable bonds is 5. The molecule has 0 saturated heterocycles. The van der Waals surface area contributed by atoms with Crippen LogP contribution in [0.25, 0.3) is 0 Å². The van der Waals surface area contributed by atoms with Crippen molar-refractivity contribution in [2.45, 2.75) is 39.3 Å². The number of ether oxygens (including phenoxy) is 1. The summed E-state index contributed by atoms with van der Waals surface area (Å²) in [7, 11) is 0. The molecule has 1 aromatic carbocycles. The Morgan fingerprint density at radius 2 is 2.11 bits per heavy atom. The number of benzene rings is 1. The normalized spacial score (nSPS) is 11.1. The second-order valence-electron chi connectivity index (χ2n) is 5.16. The van der Waals surface area contributed by atoms with Gasteiger partial charge in [-0.15, -0.1) is 12.3 Å². The maximum Gasteiger partial charge on any atom is 0.119 e. The minimum atomic E-state index is 0.0970. The van der Waals surface area contributed by atoms with Crippen LogP contribution in [0.1, 0.15) is 32.8 Å². The van der Waals surface area contributed by atoms with E-state index in [1.54, 1.807) is 0 Å². The maximum atomic E-state index is 5.58. The molecule has 0 aliphatic heterocycles. The Morgan fingerprint density at radius 3 is 2.72 bits per heavy atom. The molecule has 0 amide bonds. The third kappa shape index (κ3) is 5.57. The van der Waals surface area contributed by atoms with Crippen LogP contribution in [-0.4, -0.2) is 12.1 Å². The highest BCUT2D eigenvalue weighted by Gasteiger charge is 2.10. The standard InChI is InChI=1S/C15H20BrNO/c1-5-6-9-18-13-7-8-14(16)12(10-13)11-17-15(2,3)4/h1,7-8,10,17H,6,9,11H2,2-4H3. The molecule has 0 unspecified atom stereocenters. The smallest absolute Gasteiger partial charge is 0.119 e. The number of nitrogens with one attached hydrogen (secondary N) is 1. The van der Waals surface area contributed by atoms with Gasteiger partial charge in [-0.25, -0.2) is 0 Å². The summed E-state index contributed by atoms with van der Waals surface area (Å²) in [5, 5.41) is 3.46. The molecular formula is C15H20BrNO. The summed E-state index contributed by atoms with van der Waals surface area (Å²) < 4.78 is 6.67. The molecule has 1 aromatic rings. The van der Waals surface area contributed by atoms with Crippen LogP contribution in [0, 0.1) is 12.3 Å². The van der Waals surface area contributed by atoms with Crippen molar-refractivity contribution >= 4 is 15.9 Å². The molecule has 0 bridgehead atoms. The van der Waals surface area contributed by atoms with Gasteiger partial charge in [0.15, 0.2) is 0 Å². The van der Waals surface area contributed by atoms with Gasteiger partial charge in [0.1, 0.15) is 5.75 Å². The Labute approximate surface area is 118 Å². The second-order valence-corrected chi connectivity index (χ2v) is 6.01. The van der Waals surface area contributed by atoms with Crippen molar-refractivity contribution in [3.63, 3.8) is 0 Å². The van der Waals surface area contributed by atoms with Crippen molar-refractivity contribution in [2.75, 3.05) is 6.61 Å². The lowest BCUT2D eigenvalue weighted by molar-refractivity contribution is 0.326. The quantitative estimate of drug-likeness (QED) is 0.661. The molecule has 0 spiro atoms. The van der Waals surface area contributed by atoms with Gasteiger partial charge in [0.05, 0.1) is 6.61 Å². The monoisotopic (exact) mass is 309 g/mol. The summed E-state index contributed by atoms with van der Waals surface area (Å²) in [6.45, 7) is 7.80. The zero-order valence-corrected chi connectivity index (χ0v) is 12.8. The first-order valence-electron chi connectivity index (χ1n) is 6.02. The maximum absolute atomic E-state index is 5.58. The van der Waals surface area contributed by atoms with E-state index < -0.39 is 0 Å². The lowest BCUT2D eigenvalue weighted by Gasteiger charge is -2.21. The van der Waals surface area contributed by atoms with E-state index in [0.29, 0.717) is 13.0 Å². The van der Waals surface area contributed by atoms with Gasteiger partial charge in [0.25, 0.3) is 0 Å². The average molecular weight is 310 g/mol. The minimum Gasteiger partial charge on any atom is -0.493 e. The number of terminal acetylenes is 1. The Morgan fingerprint density at radius 1 is 1.39 bits per heavy atom. The summed E-state index contributed by atoms with van der Waals surface area (Å²) in [6, 6.07) is 5.99. The molecule has 0 aliphatic carbocycles. The molecule has 2 nitrogen and oxygen atoms in total. The van der Waals surface area contributed by atoms with Crippen LogP contribution in [0.2, 0.25) is 0 Å². The zero-order valence-electron chi connectivity index (χ0n) is 11.2. The van der Waals surface area contributed by atoms with Crippen LogP contribution < -0.4 is 10.1 Å². The lowest BCUT2D eigenvalue weighted by atomic mass is 10.1. The van der Waals surface area contributed by atoms with Gasteiger partial charge in [0.2, 0.25) is 0 Å². The predicted molar refractivity (Wildman–Crippen MR) is 79.7 cm³/mol. The van der Waals surface area contributed by atoms with E-state index in [-0.39, 0.29) is 5.54 Å². The molecule has 0 aliphatic rings. The largest absolute Gasteiger partial charge is 0.493 e. The summed E-state index contributed by atoms with van der Waals surface area (Å²) in [6.07, 6.45) is 5.83. The van der Waals surface area contributed by atoms with E-state index >= 15 is 0 Å². The third-order valence-electron chi connectivity index (χ3n) is 2.34. The Bertz CT molecular complexity index is 429. The number of hydrogen-bond acceptors (Lipinski definition) is 2. The molecule has 98 valence electrons. The fourth-order valence-electron chi connectivity index (χ4n) is 1.36. The topological polar surface area (TPSA) is 21.3 Å².